The van der Waals surface area contributed by atoms with Gasteiger partial charge in [0.25, 0.3) is 0 Å². The van der Waals surface area contributed by atoms with Crippen LogP contribution in [0.5, 0.6) is 0 Å². The van der Waals surface area contributed by atoms with Crippen molar-refractivity contribution >= 4 is 17.6 Å². The van der Waals surface area contributed by atoms with Crippen molar-refractivity contribution < 1.29 is 14.6 Å². The third kappa shape index (κ3) is 4.19. The average Bonchev–Trinajstić information content (AvgIpc) is 2.66. The molecule has 1 aliphatic rings. The van der Waals surface area contributed by atoms with E-state index < -0.39 is 5.97 Å². The molecule has 0 spiro atoms. The molecule has 1 fully saturated rings. The van der Waals surface area contributed by atoms with Crippen LogP contribution in [0.3, 0.4) is 0 Å². The first-order valence-corrected chi connectivity index (χ1v) is 7.71. The summed E-state index contributed by atoms with van der Waals surface area (Å²) in [6.45, 7) is 7.55. The Balaban J connectivity index is 2.13. The van der Waals surface area contributed by atoms with Crippen LogP contribution in [0.4, 0.5) is 0 Å². The molecule has 0 aliphatic carbocycles. The van der Waals surface area contributed by atoms with Crippen molar-refractivity contribution in [2.45, 2.75) is 32.9 Å². The van der Waals surface area contributed by atoms with Gasteiger partial charge in [-0.3, -0.25) is 4.90 Å². The van der Waals surface area contributed by atoms with Gasteiger partial charge in [-0.05, 0) is 24.0 Å². The molecule has 1 heterocycles. The number of carboxylic acid groups (broad SMARTS) is 1. The van der Waals surface area contributed by atoms with Gasteiger partial charge in [-0.2, -0.15) is 0 Å². The molecule has 1 aliphatic heterocycles. The van der Waals surface area contributed by atoms with Crippen molar-refractivity contribution in [1.29, 1.82) is 0 Å². The lowest BCUT2D eigenvalue weighted by atomic mass is 10.1. The molecule has 1 N–H and O–H groups in total. The van der Waals surface area contributed by atoms with Crippen LogP contribution in [-0.4, -0.2) is 41.8 Å². The number of carbonyl (C=O) groups is 1. The van der Waals surface area contributed by atoms with Gasteiger partial charge in [-0.1, -0.05) is 37.6 Å². The van der Waals surface area contributed by atoms with Crippen molar-refractivity contribution in [3.63, 3.8) is 0 Å². The normalized spacial score (nSPS) is 20.5. The predicted octanol–water partition coefficient (Wildman–Crippen LogP) is 3.29. The van der Waals surface area contributed by atoms with E-state index in [0.717, 1.165) is 31.7 Å². The largest absolute Gasteiger partial charge is 0.478 e. The van der Waals surface area contributed by atoms with Crippen LogP contribution in [0.1, 0.15) is 36.2 Å². The number of hydrogen-bond acceptors (Lipinski definition) is 3. The Kier molecular flexibility index (Phi) is 5.62. The zero-order valence-electron chi connectivity index (χ0n) is 12.5. The van der Waals surface area contributed by atoms with Gasteiger partial charge in [-0.15, -0.1) is 0 Å². The van der Waals surface area contributed by atoms with Gasteiger partial charge in [0.15, 0.2) is 0 Å². The van der Waals surface area contributed by atoms with Gasteiger partial charge in [0.2, 0.25) is 0 Å². The zero-order chi connectivity index (χ0) is 15.4. The van der Waals surface area contributed by atoms with Gasteiger partial charge in [0.05, 0.1) is 16.7 Å². The summed E-state index contributed by atoms with van der Waals surface area (Å²) in [5, 5.41) is 9.48. The molecular weight excluding hydrogens is 290 g/mol. The first-order chi connectivity index (χ1) is 9.99. The van der Waals surface area contributed by atoms with Crippen LogP contribution < -0.4 is 0 Å². The molecule has 1 aromatic rings. The molecule has 1 atom stereocenters. The van der Waals surface area contributed by atoms with E-state index in [2.05, 4.69) is 18.7 Å². The molecule has 5 heteroatoms. The Morgan fingerprint density at radius 1 is 1.52 bits per heavy atom. The van der Waals surface area contributed by atoms with E-state index in [1.165, 1.54) is 6.07 Å². The molecule has 1 unspecified atom stereocenters. The average molecular weight is 312 g/mol. The monoisotopic (exact) mass is 311 g/mol. The standard InChI is InChI=1S/C16H22ClNO3/c1-11(2)14-10-18(7-4-8-21-14)9-12-5-3-6-13(15(12)17)16(19)20/h3,5-6,11,14H,4,7-10H2,1-2H3,(H,19,20). The molecule has 0 saturated carbocycles. The molecule has 0 radical (unpaired) electrons. The minimum absolute atomic E-state index is 0.167. The summed E-state index contributed by atoms with van der Waals surface area (Å²) in [6.07, 6.45) is 1.20. The van der Waals surface area contributed by atoms with Crippen molar-refractivity contribution in [3.8, 4) is 0 Å². The second kappa shape index (κ2) is 7.25. The second-order valence-corrected chi connectivity index (χ2v) is 6.20. The van der Waals surface area contributed by atoms with E-state index in [4.69, 9.17) is 21.4 Å². The molecule has 0 amide bonds. The number of rotatable bonds is 4. The molecule has 0 bridgehead atoms. The molecule has 2 rings (SSSR count). The fraction of sp³-hybridized carbons (Fsp3) is 0.562. The Bertz CT molecular complexity index is 504. The van der Waals surface area contributed by atoms with Gasteiger partial charge < -0.3 is 9.84 Å². The summed E-state index contributed by atoms with van der Waals surface area (Å²) >= 11 is 6.22. The van der Waals surface area contributed by atoms with Gasteiger partial charge in [0, 0.05) is 26.2 Å². The van der Waals surface area contributed by atoms with E-state index in [0.29, 0.717) is 17.5 Å². The quantitative estimate of drug-likeness (QED) is 0.927. The maximum absolute atomic E-state index is 11.1. The van der Waals surface area contributed by atoms with Crippen LogP contribution in [0.15, 0.2) is 18.2 Å². The summed E-state index contributed by atoms with van der Waals surface area (Å²) in [5.41, 5.74) is 1.03. The van der Waals surface area contributed by atoms with Gasteiger partial charge >= 0.3 is 5.97 Å². The lowest BCUT2D eigenvalue weighted by Gasteiger charge is -2.26. The molecule has 0 aromatic heterocycles. The van der Waals surface area contributed by atoms with E-state index in [1.807, 2.05) is 6.07 Å². The first-order valence-electron chi connectivity index (χ1n) is 7.33. The van der Waals surface area contributed by atoms with Crippen LogP contribution in [0.25, 0.3) is 0 Å². The molecule has 116 valence electrons. The molecule has 1 aromatic carbocycles. The number of aromatic carboxylic acids is 1. The Morgan fingerprint density at radius 2 is 2.29 bits per heavy atom. The Morgan fingerprint density at radius 3 is 2.95 bits per heavy atom. The Hall–Kier alpha value is -1.10. The minimum Gasteiger partial charge on any atom is -0.478 e. The van der Waals surface area contributed by atoms with E-state index in [-0.39, 0.29) is 11.7 Å². The highest BCUT2D eigenvalue weighted by atomic mass is 35.5. The first kappa shape index (κ1) is 16.3. The third-order valence-electron chi connectivity index (χ3n) is 3.84. The highest BCUT2D eigenvalue weighted by Crippen LogP contribution is 2.24. The molecular formula is C16H22ClNO3. The smallest absolute Gasteiger partial charge is 0.337 e. The summed E-state index contributed by atoms with van der Waals surface area (Å²) in [4.78, 5) is 13.4. The van der Waals surface area contributed by atoms with E-state index in [9.17, 15) is 4.79 Å². The number of ether oxygens (including phenoxy) is 1. The number of carboxylic acids is 1. The number of nitrogens with zero attached hydrogens (tertiary/aromatic N) is 1. The van der Waals surface area contributed by atoms with Gasteiger partial charge in [-0.25, -0.2) is 4.79 Å². The van der Waals surface area contributed by atoms with Crippen LogP contribution in [0.2, 0.25) is 5.02 Å². The fourth-order valence-electron chi connectivity index (χ4n) is 2.58. The summed E-state index contributed by atoms with van der Waals surface area (Å²) in [5.74, 6) is -0.521. The second-order valence-electron chi connectivity index (χ2n) is 5.83. The highest BCUT2D eigenvalue weighted by molar-refractivity contribution is 6.34. The lowest BCUT2D eigenvalue weighted by molar-refractivity contribution is 0.0222. The molecule has 1 saturated heterocycles. The number of hydrogen-bond donors (Lipinski definition) is 1. The Labute approximate surface area is 130 Å². The minimum atomic E-state index is -0.985. The molecule has 4 nitrogen and oxygen atoms in total. The van der Waals surface area contributed by atoms with Crippen LogP contribution >= 0.6 is 11.6 Å². The number of halogens is 1. The fourth-order valence-corrected chi connectivity index (χ4v) is 2.84. The zero-order valence-corrected chi connectivity index (χ0v) is 13.3. The van der Waals surface area contributed by atoms with E-state index in [1.54, 1.807) is 6.07 Å². The maximum Gasteiger partial charge on any atom is 0.337 e. The maximum atomic E-state index is 11.1. The SMILES string of the molecule is CC(C)C1CN(Cc2cccc(C(=O)O)c2Cl)CCCO1. The topological polar surface area (TPSA) is 49.8 Å². The van der Waals surface area contributed by atoms with Crippen LogP contribution in [0, 0.1) is 5.92 Å². The number of benzene rings is 1. The third-order valence-corrected chi connectivity index (χ3v) is 4.28. The van der Waals surface area contributed by atoms with Crippen molar-refractivity contribution in [3.05, 3.63) is 34.3 Å². The predicted molar refractivity (Wildman–Crippen MR) is 82.9 cm³/mol. The molecule has 21 heavy (non-hydrogen) atoms. The van der Waals surface area contributed by atoms with Crippen LogP contribution in [-0.2, 0) is 11.3 Å². The van der Waals surface area contributed by atoms with Crippen molar-refractivity contribution in [2.24, 2.45) is 5.92 Å². The summed E-state index contributed by atoms with van der Waals surface area (Å²) < 4.78 is 5.86. The van der Waals surface area contributed by atoms with Crippen molar-refractivity contribution in [1.82, 2.24) is 4.90 Å². The van der Waals surface area contributed by atoms with Gasteiger partial charge in [0.1, 0.15) is 0 Å². The summed E-state index contributed by atoms with van der Waals surface area (Å²) in [7, 11) is 0. The summed E-state index contributed by atoms with van der Waals surface area (Å²) in [6, 6.07) is 5.18. The van der Waals surface area contributed by atoms with E-state index >= 15 is 0 Å². The highest BCUT2D eigenvalue weighted by Gasteiger charge is 2.22. The lowest BCUT2D eigenvalue weighted by Crippen LogP contribution is -2.34. The van der Waals surface area contributed by atoms with Crippen molar-refractivity contribution in [2.75, 3.05) is 19.7 Å².